The van der Waals surface area contributed by atoms with Crippen molar-refractivity contribution in [2.75, 3.05) is 0 Å². The Kier molecular flexibility index (Phi) is 4.13. The number of rotatable bonds is 4. The Morgan fingerprint density at radius 1 is 1.43 bits per heavy atom. The molecule has 7 nitrogen and oxygen atoms in total. The van der Waals surface area contributed by atoms with Crippen LogP contribution in [0.1, 0.15) is 10.4 Å². The van der Waals surface area contributed by atoms with E-state index in [-0.39, 0.29) is 15.8 Å². The summed E-state index contributed by atoms with van der Waals surface area (Å²) < 4.78 is 18.6. The SMILES string of the molecule is O=C(O)c1ccncc1Oc1cc(F)c(Br)cc1[N+](=O)[O-]. The largest absolute Gasteiger partial charge is 0.478 e. The number of benzene rings is 1. The van der Waals surface area contributed by atoms with E-state index in [0.29, 0.717) is 0 Å². The van der Waals surface area contributed by atoms with Gasteiger partial charge in [-0.15, -0.1) is 0 Å². The number of nitrogens with zero attached hydrogens (tertiary/aromatic N) is 2. The fourth-order valence-corrected chi connectivity index (χ4v) is 1.83. The smallest absolute Gasteiger partial charge is 0.339 e. The number of halogens is 2. The molecule has 1 aromatic carbocycles. The molecule has 0 unspecified atom stereocenters. The number of hydrogen-bond donors (Lipinski definition) is 1. The molecule has 0 radical (unpaired) electrons. The molecular formula is C12H6BrFN2O5. The van der Waals surface area contributed by atoms with Gasteiger partial charge in [0.1, 0.15) is 11.4 Å². The minimum Gasteiger partial charge on any atom is -0.478 e. The number of aromatic carboxylic acids is 1. The number of carbonyl (C=O) groups is 1. The molecule has 0 saturated heterocycles. The molecule has 0 aliphatic heterocycles. The summed E-state index contributed by atoms with van der Waals surface area (Å²) >= 11 is 2.83. The van der Waals surface area contributed by atoms with Gasteiger partial charge in [-0.1, -0.05) is 0 Å². The Labute approximate surface area is 125 Å². The first-order chi connectivity index (χ1) is 9.90. The Morgan fingerprint density at radius 3 is 2.76 bits per heavy atom. The first-order valence-corrected chi connectivity index (χ1v) is 6.18. The zero-order valence-corrected chi connectivity index (χ0v) is 11.7. The molecule has 0 fully saturated rings. The fraction of sp³-hybridized carbons (Fsp3) is 0. The highest BCUT2D eigenvalue weighted by molar-refractivity contribution is 9.10. The number of hydrogen-bond acceptors (Lipinski definition) is 5. The van der Waals surface area contributed by atoms with Crippen molar-refractivity contribution in [1.29, 1.82) is 0 Å². The van der Waals surface area contributed by atoms with Crippen molar-refractivity contribution in [2.24, 2.45) is 0 Å². The molecule has 0 aliphatic carbocycles. The van der Waals surface area contributed by atoms with Crippen LogP contribution in [0.5, 0.6) is 11.5 Å². The van der Waals surface area contributed by atoms with Crippen molar-refractivity contribution < 1.29 is 24.0 Å². The molecule has 0 aliphatic rings. The van der Waals surface area contributed by atoms with Gasteiger partial charge in [0.2, 0.25) is 5.75 Å². The summed E-state index contributed by atoms with van der Waals surface area (Å²) in [4.78, 5) is 24.9. The summed E-state index contributed by atoms with van der Waals surface area (Å²) in [7, 11) is 0. The number of nitro benzene ring substituents is 1. The van der Waals surface area contributed by atoms with Crippen LogP contribution < -0.4 is 4.74 Å². The average Bonchev–Trinajstić information content (AvgIpc) is 2.42. The first-order valence-electron chi connectivity index (χ1n) is 5.38. The first kappa shape index (κ1) is 14.9. The van der Waals surface area contributed by atoms with Crippen LogP contribution in [0.4, 0.5) is 10.1 Å². The lowest BCUT2D eigenvalue weighted by Crippen LogP contribution is -2.02. The molecule has 0 spiro atoms. The number of ether oxygens (including phenoxy) is 1. The Balaban J connectivity index is 2.52. The van der Waals surface area contributed by atoms with E-state index in [1.165, 1.54) is 12.3 Å². The molecular weight excluding hydrogens is 351 g/mol. The predicted molar refractivity (Wildman–Crippen MR) is 72.0 cm³/mol. The second kappa shape index (κ2) is 5.83. The van der Waals surface area contributed by atoms with Gasteiger partial charge < -0.3 is 9.84 Å². The van der Waals surface area contributed by atoms with E-state index in [1.807, 2.05) is 0 Å². The van der Waals surface area contributed by atoms with Crippen molar-refractivity contribution in [2.45, 2.75) is 0 Å². The minimum atomic E-state index is -1.30. The zero-order valence-electron chi connectivity index (χ0n) is 10.1. The van der Waals surface area contributed by atoms with Crippen molar-refractivity contribution in [3.05, 3.63) is 56.6 Å². The van der Waals surface area contributed by atoms with Crippen LogP contribution in [0.2, 0.25) is 0 Å². The van der Waals surface area contributed by atoms with E-state index >= 15 is 0 Å². The van der Waals surface area contributed by atoms with Crippen LogP contribution in [0, 0.1) is 15.9 Å². The third-order valence-corrected chi connectivity index (χ3v) is 3.04. The monoisotopic (exact) mass is 356 g/mol. The maximum Gasteiger partial charge on any atom is 0.339 e. The molecule has 1 heterocycles. The molecule has 0 atom stereocenters. The third kappa shape index (κ3) is 3.14. The molecule has 0 amide bonds. The van der Waals surface area contributed by atoms with Crippen molar-refractivity contribution >= 4 is 27.6 Å². The summed E-state index contributed by atoms with van der Waals surface area (Å²) in [5.41, 5.74) is -0.758. The van der Waals surface area contributed by atoms with Crippen LogP contribution in [0.15, 0.2) is 35.1 Å². The highest BCUT2D eigenvalue weighted by atomic mass is 79.9. The molecule has 21 heavy (non-hydrogen) atoms. The zero-order chi connectivity index (χ0) is 15.6. The van der Waals surface area contributed by atoms with Gasteiger partial charge >= 0.3 is 11.7 Å². The van der Waals surface area contributed by atoms with Crippen molar-refractivity contribution in [3.63, 3.8) is 0 Å². The van der Waals surface area contributed by atoms with Gasteiger partial charge in [-0.25, -0.2) is 9.18 Å². The lowest BCUT2D eigenvalue weighted by atomic mass is 10.2. The number of nitro groups is 1. The van der Waals surface area contributed by atoms with Crippen LogP contribution >= 0.6 is 15.9 Å². The van der Waals surface area contributed by atoms with E-state index < -0.39 is 28.1 Å². The van der Waals surface area contributed by atoms with Crippen LogP contribution in [-0.2, 0) is 0 Å². The third-order valence-electron chi connectivity index (χ3n) is 2.43. The molecule has 1 N–H and O–H groups in total. The summed E-state index contributed by atoms with van der Waals surface area (Å²) in [5, 5.41) is 19.9. The molecule has 2 aromatic rings. The van der Waals surface area contributed by atoms with Crippen molar-refractivity contribution in [3.8, 4) is 11.5 Å². The van der Waals surface area contributed by atoms with Crippen LogP contribution in [-0.4, -0.2) is 21.0 Å². The van der Waals surface area contributed by atoms with E-state index in [2.05, 4.69) is 20.9 Å². The highest BCUT2D eigenvalue weighted by Gasteiger charge is 2.21. The summed E-state index contributed by atoms with van der Waals surface area (Å²) in [5.74, 6) is -2.73. The Morgan fingerprint density at radius 2 is 2.14 bits per heavy atom. The number of aromatic nitrogens is 1. The van der Waals surface area contributed by atoms with Crippen molar-refractivity contribution in [1.82, 2.24) is 4.98 Å². The molecule has 0 saturated carbocycles. The summed E-state index contributed by atoms with van der Waals surface area (Å²) in [6.07, 6.45) is 2.31. The van der Waals surface area contributed by atoms with Crippen LogP contribution in [0.25, 0.3) is 0 Å². The molecule has 1 aromatic heterocycles. The number of pyridine rings is 1. The summed E-state index contributed by atoms with van der Waals surface area (Å²) in [6, 6.07) is 2.89. The number of carboxylic acids is 1. The quantitative estimate of drug-likeness (QED) is 0.665. The maximum absolute atomic E-state index is 13.5. The fourth-order valence-electron chi connectivity index (χ4n) is 1.50. The highest BCUT2D eigenvalue weighted by Crippen LogP contribution is 2.36. The Bertz CT molecular complexity index is 738. The topological polar surface area (TPSA) is 103 Å². The molecule has 0 bridgehead atoms. The lowest BCUT2D eigenvalue weighted by Gasteiger charge is -2.09. The van der Waals surface area contributed by atoms with Gasteiger partial charge in [0.15, 0.2) is 5.75 Å². The van der Waals surface area contributed by atoms with Gasteiger partial charge in [-0.05, 0) is 22.0 Å². The second-order valence-corrected chi connectivity index (χ2v) is 4.62. The lowest BCUT2D eigenvalue weighted by molar-refractivity contribution is -0.385. The molecule has 9 heteroatoms. The van der Waals surface area contributed by atoms with Crippen LogP contribution in [0.3, 0.4) is 0 Å². The van der Waals surface area contributed by atoms with E-state index in [0.717, 1.165) is 18.3 Å². The predicted octanol–water partition coefficient (Wildman–Crippen LogP) is 3.38. The van der Waals surface area contributed by atoms with Gasteiger partial charge in [0.25, 0.3) is 0 Å². The molecule has 108 valence electrons. The van der Waals surface area contributed by atoms with Gasteiger partial charge in [-0.3, -0.25) is 15.1 Å². The van der Waals surface area contributed by atoms with Gasteiger partial charge in [0.05, 0.1) is 15.6 Å². The molecule has 2 rings (SSSR count). The Hall–Kier alpha value is -2.55. The second-order valence-electron chi connectivity index (χ2n) is 3.77. The van der Waals surface area contributed by atoms with E-state index in [9.17, 15) is 19.3 Å². The summed E-state index contributed by atoms with van der Waals surface area (Å²) in [6.45, 7) is 0. The normalized spacial score (nSPS) is 10.2. The van der Waals surface area contributed by atoms with E-state index in [4.69, 9.17) is 9.84 Å². The minimum absolute atomic E-state index is 0.105. The number of carboxylic acid groups (broad SMARTS) is 1. The standard InChI is InChI=1S/C12H6BrFN2O5/c13-7-3-9(16(19)20)10(4-8(7)14)21-11-5-15-2-1-6(11)12(17)18/h1-5H,(H,17,18). The van der Waals surface area contributed by atoms with E-state index in [1.54, 1.807) is 0 Å². The average molecular weight is 357 g/mol. The van der Waals surface area contributed by atoms with Gasteiger partial charge in [-0.2, -0.15) is 0 Å². The maximum atomic E-state index is 13.5. The van der Waals surface area contributed by atoms with Gasteiger partial charge in [0, 0.05) is 18.3 Å².